The number of rotatable bonds is 9. The topological polar surface area (TPSA) is 267 Å². The summed E-state index contributed by atoms with van der Waals surface area (Å²) in [6, 6.07) is 5.07. The monoisotopic (exact) mass is 656 g/mol. The van der Waals surface area contributed by atoms with Crippen molar-refractivity contribution in [3.05, 3.63) is 41.2 Å². The predicted molar refractivity (Wildman–Crippen MR) is 150 cm³/mol. The lowest BCUT2D eigenvalue weighted by Gasteiger charge is -2.46. The molecule has 3 aliphatic heterocycles. The van der Waals surface area contributed by atoms with Crippen LogP contribution in [0.1, 0.15) is 17.2 Å². The van der Waals surface area contributed by atoms with Gasteiger partial charge in [0, 0.05) is 17.7 Å². The molecule has 2 saturated heterocycles. The van der Waals surface area contributed by atoms with E-state index in [-0.39, 0.29) is 45.6 Å². The Morgan fingerprint density at radius 1 is 0.717 bits per heavy atom. The lowest BCUT2D eigenvalue weighted by molar-refractivity contribution is -0.364. The number of ether oxygens (including phenoxy) is 7. The van der Waals surface area contributed by atoms with Crippen molar-refractivity contribution >= 4 is 6.08 Å². The zero-order valence-electron chi connectivity index (χ0n) is 24.5. The Morgan fingerprint density at radius 3 is 1.89 bits per heavy atom. The van der Waals surface area contributed by atoms with Gasteiger partial charge in [0.05, 0.1) is 33.0 Å². The molecule has 0 spiro atoms. The van der Waals surface area contributed by atoms with Gasteiger partial charge in [-0.15, -0.1) is 0 Å². The number of aromatic hydroxyl groups is 3. The number of hydrogen-bond donors (Lipinski definition) is 10. The summed E-state index contributed by atoms with van der Waals surface area (Å²) in [5.41, 5.74) is 0.316. The quantitative estimate of drug-likeness (QED) is 0.139. The first kappa shape index (κ1) is 33.7. The van der Waals surface area contributed by atoms with E-state index in [0.29, 0.717) is 0 Å². The fraction of sp³-hybridized carbons (Fsp3) is 0.517. The molecule has 0 radical (unpaired) electrons. The molecular formula is C29H36O17. The van der Waals surface area contributed by atoms with Crippen LogP contribution in [0, 0.1) is 0 Å². The largest absolute Gasteiger partial charge is 0.508 e. The van der Waals surface area contributed by atoms with Crippen molar-refractivity contribution in [3.63, 3.8) is 0 Å². The zero-order valence-corrected chi connectivity index (χ0v) is 24.5. The van der Waals surface area contributed by atoms with Crippen molar-refractivity contribution < 1.29 is 84.2 Å². The van der Waals surface area contributed by atoms with Crippen molar-refractivity contribution in [2.75, 3.05) is 27.4 Å². The standard InChI is InChI=1S/C29H36O17/c1-40-15-3-10(4-16(41-2)20(15)34)26-17(7-12-13(33)5-11(32)6-14(12)42-26)43-29-27(24(38)22(36)19(9-31)45-29)46-28-25(39)23(37)21(35)18(8-30)44-28/h3-7,18-19,21-39H,8-9H2,1-2H3. The Bertz CT molecular complexity index is 1390. The molecule has 2 aromatic carbocycles. The van der Waals surface area contributed by atoms with Gasteiger partial charge in [0.1, 0.15) is 65.7 Å². The maximum atomic E-state index is 11.1. The van der Waals surface area contributed by atoms with Crippen molar-refractivity contribution in [1.82, 2.24) is 0 Å². The smallest absolute Gasteiger partial charge is 0.229 e. The van der Waals surface area contributed by atoms with Crippen LogP contribution in [0.15, 0.2) is 30.0 Å². The first-order chi connectivity index (χ1) is 21.9. The summed E-state index contributed by atoms with van der Waals surface area (Å²) in [5, 5.41) is 103. The fourth-order valence-corrected chi connectivity index (χ4v) is 5.40. The Hall–Kier alpha value is -3.62. The Labute approximate surface area is 261 Å². The Balaban J connectivity index is 1.55. The molecule has 0 aliphatic carbocycles. The zero-order chi connectivity index (χ0) is 33.4. The maximum Gasteiger partial charge on any atom is 0.229 e. The third-order valence-corrected chi connectivity index (χ3v) is 7.92. The molecule has 3 aliphatic rings. The number of hydrogen-bond acceptors (Lipinski definition) is 17. The van der Waals surface area contributed by atoms with Crippen LogP contribution in [0.3, 0.4) is 0 Å². The normalized spacial score (nSPS) is 34.2. The summed E-state index contributed by atoms with van der Waals surface area (Å²) in [5.74, 6) is -1.19. The molecule has 2 fully saturated rings. The van der Waals surface area contributed by atoms with Gasteiger partial charge >= 0.3 is 0 Å². The SMILES string of the molecule is COc1cc(C2Oc3cc(O)cc(O)c3C=C2OC2OC(CO)C(O)C(O)C2OC2OC(CO)C(O)C(O)C2O)cc(OC)c1O. The molecule has 0 saturated carbocycles. The highest BCUT2D eigenvalue weighted by molar-refractivity contribution is 5.70. The van der Waals surface area contributed by atoms with Gasteiger partial charge in [-0.05, 0) is 18.2 Å². The number of aliphatic hydroxyl groups excluding tert-OH is 7. The summed E-state index contributed by atoms with van der Waals surface area (Å²) >= 11 is 0. The summed E-state index contributed by atoms with van der Waals surface area (Å²) in [4.78, 5) is 0. The van der Waals surface area contributed by atoms with Gasteiger partial charge in [0.25, 0.3) is 0 Å². The van der Waals surface area contributed by atoms with E-state index in [2.05, 4.69) is 0 Å². The molecule has 3 heterocycles. The molecule has 17 heteroatoms. The van der Waals surface area contributed by atoms with Gasteiger partial charge in [-0.3, -0.25) is 0 Å². The third-order valence-electron chi connectivity index (χ3n) is 7.92. The predicted octanol–water partition coefficient (Wildman–Crippen LogP) is -2.06. The molecule has 5 rings (SSSR count). The van der Waals surface area contributed by atoms with Crippen LogP contribution >= 0.6 is 0 Å². The summed E-state index contributed by atoms with van der Waals surface area (Å²) in [7, 11) is 2.61. The van der Waals surface area contributed by atoms with Crippen LogP contribution < -0.4 is 14.2 Å². The lowest BCUT2D eigenvalue weighted by atomic mass is 9.97. The highest BCUT2D eigenvalue weighted by Crippen LogP contribution is 2.47. The maximum absolute atomic E-state index is 11.1. The summed E-state index contributed by atoms with van der Waals surface area (Å²) in [6.07, 6.45) is -17.0. The number of benzene rings is 2. The number of phenols is 3. The number of aliphatic hydroxyl groups is 7. The van der Waals surface area contributed by atoms with Crippen molar-refractivity contribution in [3.8, 4) is 34.5 Å². The van der Waals surface area contributed by atoms with E-state index in [4.69, 9.17) is 33.2 Å². The molecule has 46 heavy (non-hydrogen) atoms. The second-order valence-corrected chi connectivity index (χ2v) is 10.8. The first-order valence-electron chi connectivity index (χ1n) is 14.1. The van der Waals surface area contributed by atoms with Crippen molar-refractivity contribution in [1.29, 1.82) is 0 Å². The number of methoxy groups -OCH3 is 2. The molecule has 11 atom stereocenters. The molecule has 254 valence electrons. The van der Waals surface area contributed by atoms with Crippen molar-refractivity contribution in [2.45, 2.75) is 67.5 Å². The van der Waals surface area contributed by atoms with Crippen LogP contribution in [0.2, 0.25) is 0 Å². The minimum atomic E-state index is -1.89. The van der Waals surface area contributed by atoms with Gasteiger partial charge < -0.3 is 84.2 Å². The van der Waals surface area contributed by atoms with E-state index in [1.807, 2.05) is 0 Å². The van der Waals surface area contributed by atoms with Gasteiger partial charge in [-0.25, -0.2) is 0 Å². The molecule has 0 bridgehead atoms. The van der Waals surface area contributed by atoms with Crippen molar-refractivity contribution in [2.24, 2.45) is 0 Å². The molecule has 10 N–H and O–H groups in total. The lowest BCUT2D eigenvalue weighted by Crippen LogP contribution is -2.64. The third kappa shape index (κ3) is 6.21. The van der Waals surface area contributed by atoms with Gasteiger partial charge in [0.2, 0.25) is 12.0 Å². The van der Waals surface area contributed by atoms with Crippen LogP contribution in [-0.2, 0) is 18.9 Å². The van der Waals surface area contributed by atoms with Gasteiger partial charge in [0.15, 0.2) is 30.0 Å². The summed E-state index contributed by atoms with van der Waals surface area (Å²) in [6.45, 7) is -1.55. The first-order valence-corrected chi connectivity index (χ1v) is 14.1. The molecule has 0 amide bonds. The van der Waals surface area contributed by atoms with E-state index in [0.717, 1.165) is 6.07 Å². The van der Waals surface area contributed by atoms with E-state index >= 15 is 0 Å². The Morgan fingerprint density at radius 2 is 1.30 bits per heavy atom. The minimum Gasteiger partial charge on any atom is -0.508 e. The average Bonchev–Trinajstić information content (AvgIpc) is 3.04. The minimum absolute atomic E-state index is 0.0153. The fourth-order valence-electron chi connectivity index (χ4n) is 5.40. The highest BCUT2D eigenvalue weighted by Gasteiger charge is 2.52. The van der Waals surface area contributed by atoms with E-state index < -0.39 is 86.5 Å². The second-order valence-electron chi connectivity index (χ2n) is 10.8. The molecule has 0 aromatic heterocycles. The molecule has 17 nitrogen and oxygen atoms in total. The highest BCUT2D eigenvalue weighted by atomic mass is 16.8. The number of phenolic OH excluding ortho intramolecular Hbond substituents is 3. The second kappa shape index (κ2) is 13.6. The van der Waals surface area contributed by atoms with Gasteiger partial charge in [-0.1, -0.05) is 0 Å². The summed E-state index contributed by atoms with van der Waals surface area (Å²) < 4.78 is 39.7. The van der Waals surface area contributed by atoms with Crippen LogP contribution in [-0.4, -0.2) is 140 Å². The van der Waals surface area contributed by atoms with Crippen LogP contribution in [0.25, 0.3) is 6.08 Å². The van der Waals surface area contributed by atoms with E-state index in [1.54, 1.807) is 0 Å². The van der Waals surface area contributed by atoms with Crippen LogP contribution in [0.5, 0.6) is 34.5 Å². The average molecular weight is 657 g/mol. The van der Waals surface area contributed by atoms with E-state index in [9.17, 15) is 51.1 Å². The number of fused-ring (bicyclic) bond motifs is 1. The van der Waals surface area contributed by atoms with Gasteiger partial charge in [-0.2, -0.15) is 0 Å². The molecule has 11 unspecified atom stereocenters. The molecular weight excluding hydrogens is 620 g/mol. The Kier molecular flexibility index (Phi) is 9.99. The van der Waals surface area contributed by atoms with E-state index in [1.165, 1.54) is 38.5 Å². The van der Waals surface area contributed by atoms with Crippen LogP contribution in [0.4, 0.5) is 0 Å². The molecule has 2 aromatic rings.